The molecule has 196 valence electrons. The van der Waals surface area contributed by atoms with Gasteiger partial charge in [0.25, 0.3) is 11.8 Å². The molecular formula is C26H25N5O5S2. The van der Waals surface area contributed by atoms with Crippen molar-refractivity contribution in [3.05, 3.63) is 72.1 Å². The second kappa shape index (κ2) is 10.0. The van der Waals surface area contributed by atoms with E-state index in [1.807, 2.05) is 52.6 Å². The van der Waals surface area contributed by atoms with Gasteiger partial charge in [-0.05, 0) is 24.6 Å². The molecule has 2 aromatic carbocycles. The SMILES string of the molecule is Cn1cc(C2=C(CS(=O)(=O)Oc3cn(CCCSC(=N)N)c4ccccc34)C(=O)NC2=O)c2ccccc21. The monoisotopic (exact) mass is 551 g/mol. The van der Waals surface area contributed by atoms with E-state index in [9.17, 15) is 18.0 Å². The number of amidine groups is 1. The van der Waals surface area contributed by atoms with E-state index in [0.717, 1.165) is 16.4 Å². The Labute approximate surface area is 223 Å². The number of benzene rings is 2. The summed E-state index contributed by atoms with van der Waals surface area (Å²) in [7, 11) is -2.50. The fraction of sp³-hybridized carbons (Fsp3) is 0.192. The molecule has 0 bridgehead atoms. The third-order valence-corrected chi connectivity index (χ3v) is 8.17. The molecule has 4 N–H and O–H groups in total. The maximum atomic E-state index is 13.2. The van der Waals surface area contributed by atoms with E-state index in [1.165, 1.54) is 11.8 Å². The zero-order chi connectivity index (χ0) is 27.0. The molecule has 4 aromatic rings. The van der Waals surface area contributed by atoms with E-state index in [4.69, 9.17) is 15.3 Å². The molecule has 0 aliphatic carbocycles. The minimum atomic E-state index is -4.32. The number of hydrogen-bond donors (Lipinski definition) is 3. The Morgan fingerprint density at radius 2 is 1.71 bits per heavy atom. The molecule has 0 fully saturated rings. The van der Waals surface area contributed by atoms with Gasteiger partial charge >= 0.3 is 10.1 Å². The molecule has 0 saturated carbocycles. The fourth-order valence-corrected chi connectivity index (χ4v) is 6.27. The molecule has 0 radical (unpaired) electrons. The zero-order valence-electron chi connectivity index (χ0n) is 20.4. The van der Waals surface area contributed by atoms with Crippen LogP contribution in [0.4, 0.5) is 0 Å². The summed E-state index contributed by atoms with van der Waals surface area (Å²) in [5, 5.41) is 10.9. The summed E-state index contributed by atoms with van der Waals surface area (Å²) >= 11 is 1.24. The van der Waals surface area contributed by atoms with E-state index < -0.39 is 27.7 Å². The molecule has 0 unspecified atom stereocenters. The topological polar surface area (TPSA) is 149 Å². The first-order valence-electron chi connectivity index (χ1n) is 11.7. The van der Waals surface area contributed by atoms with Crippen LogP contribution in [-0.2, 0) is 33.3 Å². The van der Waals surface area contributed by atoms with E-state index in [2.05, 4.69) is 5.32 Å². The van der Waals surface area contributed by atoms with Gasteiger partial charge in [-0.2, -0.15) is 8.42 Å². The predicted molar refractivity (Wildman–Crippen MR) is 148 cm³/mol. The van der Waals surface area contributed by atoms with Gasteiger partial charge in [-0.25, -0.2) is 0 Å². The third-order valence-electron chi connectivity index (χ3n) is 6.29. The van der Waals surface area contributed by atoms with Crippen LogP contribution in [0.15, 0.2) is 66.5 Å². The number of aryl methyl sites for hydroxylation is 2. The second-order valence-corrected chi connectivity index (χ2v) is 11.6. The number of amides is 2. The zero-order valence-corrected chi connectivity index (χ0v) is 22.1. The van der Waals surface area contributed by atoms with Crippen molar-refractivity contribution >= 4 is 66.2 Å². The number of nitrogens with two attached hydrogens (primary N) is 1. The number of nitrogens with zero attached hydrogens (tertiary/aromatic N) is 2. The van der Waals surface area contributed by atoms with Gasteiger partial charge in [0.15, 0.2) is 10.9 Å². The maximum Gasteiger partial charge on any atom is 0.313 e. The maximum absolute atomic E-state index is 13.2. The molecule has 10 nitrogen and oxygen atoms in total. The Bertz CT molecular complexity index is 1750. The van der Waals surface area contributed by atoms with Crippen molar-refractivity contribution in [2.24, 2.45) is 12.8 Å². The highest BCUT2D eigenvalue weighted by Crippen LogP contribution is 2.34. The summed E-state index contributed by atoms with van der Waals surface area (Å²) in [4.78, 5) is 25.5. The molecule has 0 atom stereocenters. The lowest BCUT2D eigenvalue weighted by molar-refractivity contribution is -0.123. The first-order valence-corrected chi connectivity index (χ1v) is 14.3. The van der Waals surface area contributed by atoms with Crippen LogP contribution in [0.25, 0.3) is 27.4 Å². The second-order valence-electron chi connectivity index (χ2n) is 8.86. The first-order chi connectivity index (χ1) is 18.1. The molecule has 1 aliphatic rings. The highest BCUT2D eigenvalue weighted by Gasteiger charge is 2.36. The largest absolute Gasteiger partial charge is 0.380 e. The average molecular weight is 552 g/mol. The number of fused-ring (bicyclic) bond motifs is 2. The summed E-state index contributed by atoms with van der Waals surface area (Å²) in [5.41, 5.74) is 7.38. The van der Waals surface area contributed by atoms with Gasteiger partial charge < -0.3 is 19.1 Å². The molecule has 3 heterocycles. The molecule has 5 rings (SSSR count). The summed E-state index contributed by atoms with van der Waals surface area (Å²) in [5.74, 6) is -1.38. The standard InChI is InChI=1S/C26H25N5O5S2/c1-30-13-18(16-7-2-4-9-20(16)30)23-19(24(32)29-25(23)33)15-38(34,35)36-22-14-31(11-6-12-37-26(27)28)21-10-5-3-8-17(21)22/h2-5,7-10,13-14H,6,11-12,15H2,1H3,(H3,27,28)(H,29,32,33). The van der Waals surface area contributed by atoms with Crippen LogP contribution in [0.2, 0.25) is 0 Å². The van der Waals surface area contributed by atoms with Crippen molar-refractivity contribution < 1.29 is 22.2 Å². The lowest BCUT2D eigenvalue weighted by Crippen LogP contribution is -2.25. The van der Waals surface area contributed by atoms with Gasteiger partial charge in [-0.3, -0.25) is 20.3 Å². The summed E-state index contributed by atoms with van der Waals surface area (Å²) in [6.45, 7) is 0.567. The molecule has 0 spiro atoms. The quantitative estimate of drug-likeness (QED) is 0.0952. The smallest absolute Gasteiger partial charge is 0.313 e. The average Bonchev–Trinajstić information content (AvgIpc) is 3.47. The Balaban J connectivity index is 1.46. The Morgan fingerprint density at radius 1 is 1.03 bits per heavy atom. The number of imide groups is 1. The van der Waals surface area contributed by atoms with Crippen molar-refractivity contribution in [3.8, 4) is 5.75 Å². The van der Waals surface area contributed by atoms with Crippen LogP contribution in [-0.4, -0.2) is 46.0 Å². The van der Waals surface area contributed by atoms with Gasteiger partial charge in [0.1, 0.15) is 5.75 Å². The van der Waals surface area contributed by atoms with Crippen LogP contribution in [0.3, 0.4) is 0 Å². The van der Waals surface area contributed by atoms with E-state index in [-0.39, 0.29) is 22.1 Å². The van der Waals surface area contributed by atoms with Crippen molar-refractivity contribution in [2.45, 2.75) is 13.0 Å². The van der Waals surface area contributed by atoms with E-state index >= 15 is 0 Å². The molecule has 12 heteroatoms. The number of para-hydroxylation sites is 2. The van der Waals surface area contributed by atoms with Gasteiger partial charge in [0.2, 0.25) is 0 Å². The van der Waals surface area contributed by atoms with Crippen LogP contribution in [0.1, 0.15) is 12.0 Å². The molecule has 38 heavy (non-hydrogen) atoms. The van der Waals surface area contributed by atoms with Crippen molar-refractivity contribution in [1.82, 2.24) is 14.5 Å². The number of rotatable bonds is 9. The molecule has 0 saturated heterocycles. The number of carbonyl (C=O) groups excluding carboxylic acids is 2. The Kier molecular flexibility index (Phi) is 6.76. The third kappa shape index (κ3) is 4.92. The highest BCUT2D eigenvalue weighted by molar-refractivity contribution is 8.13. The summed E-state index contributed by atoms with van der Waals surface area (Å²) in [6.07, 6.45) is 4.03. The van der Waals surface area contributed by atoms with Gasteiger partial charge in [-0.15, -0.1) is 0 Å². The van der Waals surface area contributed by atoms with Gasteiger partial charge in [0.05, 0.1) is 11.1 Å². The molecule has 2 aromatic heterocycles. The van der Waals surface area contributed by atoms with E-state index in [0.29, 0.717) is 29.7 Å². The van der Waals surface area contributed by atoms with Gasteiger partial charge in [-0.1, -0.05) is 42.1 Å². The predicted octanol–water partition coefficient (Wildman–Crippen LogP) is 2.97. The lowest BCUT2D eigenvalue weighted by Gasteiger charge is -2.07. The fourth-order valence-electron chi connectivity index (χ4n) is 4.68. The molecule has 2 amide bonds. The van der Waals surface area contributed by atoms with Crippen LogP contribution in [0.5, 0.6) is 5.75 Å². The molecular weight excluding hydrogens is 526 g/mol. The van der Waals surface area contributed by atoms with Crippen molar-refractivity contribution in [1.29, 1.82) is 5.41 Å². The number of carbonyl (C=O) groups is 2. The molecule has 1 aliphatic heterocycles. The van der Waals surface area contributed by atoms with Crippen LogP contribution in [0, 0.1) is 5.41 Å². The van der Waals surface area contributed by atoms with Gasteiger partial charge in [0, 0.05) is 59.2 Å². The minimum Gasteiger partial charge on any atom is -0.380 e. The Hall–Kier alpha value is -4.03. The Morgan fingerprint density at radius 3 is 2.45 bits per heavy atom. The van der Waals surface area contributed by atoms with Crippen molar-refractivity contribution in [3.63, 3.8) is 0 Å². The number of hydrogen-bond acceptors (Lipinski definition) is 7. The highest BCUT2D eigenvalue weighted by atomic mass is 32.2. The van der Waals surface area contributed by atoms with Crippen LogP contribution >= 0.6 is 11.8 Å². The summed E-state index contributed by atoms with van der Waals surface area (Å²) in [6, 6.07) is 14.6. The van der Waals surface area contributed by atoms with Crippen LogP contribution < -0.4 is 15.2 Å². The number of thioether (sulfide) groups is 1. The number of aromatic nitrogens is 2. The first kappa shape index (κ1) is 25.6. The lowest BCUT2D eigenvalue weighted by atomic mass is 10.0. The minimum absolute atomic E-state index is 0.0318. The normalized spacial score (nSPS) is 14.0. The summed E-state index contributed by atoms with van der Waals surface area (Å²) < 4.78 is 35.7. The number of nitrogens with one attached hydrogen (secondary N) is 2. The van der Waals surface area contributed by atoms with E-state index in [1.54, 1.807) is 24.5 Å². The van der Waals surface area contributed by atoms with Crippen molar-refractivity contribution in [2.75, 3.05) is 11.5 Å².